The molecule has 0 spiro atoms. The molecule has 0 radical (unpaired) electrons. The van der Waals surface area contributed by atoms with Crippen LogP contribution >= 0.6 is 15.9 Å². The predicted molar refractivity (Wildman–Crippen MR) is 89.0 cm³/mol. The highest BCUT2D eigenvalue weighted by Gasteiger charge is 2.18. The predicted octanol–water partition coefficient (Wildman–Crippen LogP) is 2.65. The number of rotatable bonds is 7. The molecule has 1 amide bonds. The normalized spacial score (nSPS) is 11.5. The number of carbonyl (C=O) groups excluding carboxylic acids is 1. The second kappa shape index (κ2) is 8.07. The van der Waals surface area contributed by atoms with Gasteiger partial charge < -0.3 is 9.32 Å². The Balaban J connectivity index is 1.88. The van der Waals surface area contributed by atoms with Crippen LogP contribution in [0, 0.1) is 11.6 Å². The molecule has 1 aromatic heterocycles. The molecule has 136 valence electrons. The number of furan rings is 1. The van der Waals surface area contributed by atoms with Crippen molar-refractivity contribution in [3.8, 4) is 0 Å². The molecule has 2 rings (SSSR count). The van der Waals surface area contributed by atoms with E-state index in [0.29, 0.717) is 16.5 Å². The molecule has 0 saturated carbocycles. The first-order valence-corrected chi connectivity index (χ1v) is 9.39. The average Bonchev–Trinajstić information content (AvgIpc) is 2.94. The van der Waals surface area contributed by atoms with Crippen molar-refractivity contribution in [3.63, 3.8) is 0 Å². The molecule has 25 heavy (non-hydrogen) atoms. The van der Waals surface area contributed by atoms with Crippen molar-refractivity contribution >= 4 is 31.9 Å². The van der Waals surface area contributed by atoms with Gasteiger partial charge in [-0.15, -0.1) is 0 Å². The zero-order chi connectivity index (χ0) is 18.6. The second-order valence-corrected chi connectivity index (χ2v) is 7.73. The van der Waals surface area contributed by atoms with Crippen molar-refractivity contribution in [2.45, 2.75) is 17.9 Å². The summed E-state index contributed by atoms with van der Waals surface area (Å²) in [7, 11) is -2.47. The Labute approximate surface area is 152 Å². The Hall–Kier alpha value is -1.78. The number of halogens is 3. The van der Waals surface area contributed by atoms with E-state index in [-0.39, 0.29) is 25.4 Å². The van der Waals surface area contributed by atoms with Crippen LogP contribution in [-0.2, 0) is 21.4 Å². The Morgan fingerprint density at radius 3 is 2.56 bits per heavy atom. The van der Waals surface area contributed by atoms with Gasteiger partial charge in [0.2, 0.25) is 15.9 Å². The summed E-state index contributed by atoms with van der Waals surface area (Å²) in [5.41, 5.74) is 0. The summed E-state index contributed by atoms with van der Waals surface area (Å²) >= 11 is 3.16. The molecular formula is C15H15BrF2N2O4S. The van der Waals surface area contributed by atoms with Gasteiger partial charge in [0.25, 0.3) is 0 Å². The quantitative estimate of drug-likeness (QED) is 0.723. The number of benzene rings is 1. The van der Waals surface area contributed by atoms with E-state index in [9.17, 15) is 22.0 Å². The summed E-state index contributed by atoms with van der Waals surface area (Å²) in [6.45, 7) is 0.0622. The monoisotopic (exact) mass is 436 g/mol. The average molecular weight is 437 g/mol. The minimum Gasteiger partial charge on any atom is -0.452 e. The van der Waals surface area contributed by atoms with Gasteiger partial charge in [0.15, 0.2) is 16.3 Å². The van der Waals surface area contributed by atoms with E-state index in [1.54, 1.807) is 19.2 Å². The molecule has 0 unspecified atom stereocenters. The molecule has 1 N–H and O–H groups in total. The van der Waals surface area contributed by atoms with Gasteiger partial charge in [-0.3, -0.25) is 4.79 Å². The number of amides is 1. The van der Waals surface area contributed by atoms with Crippen molar-refractivity contribution in [3.05, 3.63) is 52.4 Å². The highest BCUT2D eigenvalue weighted by atomic mass is 79.9. The zero-order valence-corrected chi connectivity index (χ0v) is 15.5. The van der Waals surface area contributed by atoms with Crippen LogP contribution in [0.2, 0.25) is 0 Å². The van der Waals surface area contributed by atoms with Gasteiger partial charge >= 0.3 is 0 Å². The molecule has 0 saturated heterocycles. The first-order valence-electron chi connectivity index (χ1n) is 7.12. The zero-order valence-electron chi connectivity index (χ0n) is 13.1. The van der Waals surface area contributed by atoms with Crippen LogP contribution in [0.3, 0.4) is 0 Å². The number of nitrogens with zero attached hydrogens (tertiary/aromatic N) is 1. The second-order valence-electron chi connectivity index (χ2n) is 5.18. The van der Waals surface area contributed by atoms with Gasteiger partial charge in [-0.2, -0.15) is 0 Å². The molecule has 0 atom stereocenters. The maximum Gasteiger partial charge on any atom is 0.240 e. The van der Waals surface area contributed by atoms with Crippen LogP contribution in [0.5, 0.6) is 0 Å². The molecule has 0 aliphatic heterocycles. The summed E-state index contributed by atoms with van der Waals surface area (Å²) < 4.78 is 58.0. The summed E-state index contributed by atoms with van der Waals surface area (Å²) in [5.74, 6) is -2.13. The lowest BCUT2D eigenvalue weighted by Gasteiger charge is -2.16. The maximum atomic E-state index is 13.1. The van der Waals surface area contributed by atoms with Gasteiger partial charge in [-0.05, 0) is 46.3 Å². The highest BCUT2D eigenvalue weighted by Crippen LogP contribution is 2.16. The summed E-state index contributed by atoms with van der Waals surface area (Å²) in [4.78, 5) is 13.0. The first kappa shape index (κ1) is 19.5. The van der Waals surface area contributed by atoms with E-state index in [0.717, 1.165) is 12.1 Å². The third-order valence-corrected chi connectivity index (χ3v) is 5.16. The third kappa shape index (κ3) is 5.35. The SMILES string of the molecule is CN(Cc1ccc(Br)o1)C(=O)CCNS(=O)(=O)c1ccc(F)c(F)c1. The van der Waals surface area contributed by atoms with Gasteiger partial charge in [0, 0.05) is 20.0 Å². The molecule has 1 heterocycles. The molecule has 0 bridgehead atoms. The standard InChI is InChI=1S/C15H15BrF2N2O4S/c1-20(9-10-2-5-14(16)24-10)15(21)6-7-19-25(22,23)11-3-4-12(17)13(18)8-11/h2-5,8,19H,6-7,9H2,1H3. The maximum absolute atomic E-state index is 13.1. The number of hydrogen-bond acceptors (Lipinski definition) is 4. The molecular weight excluding hydrogens is 422 g/mol. The molecule has 1 aromatic carbocycles. The van der Waals surface area contributed by atoms with E-state index in [2.05, 4.69) is 20.7 Å². The minimum absolute atomic E-state index is 0.0959. The Bertz CT molecular complexity index is 870. The van der Waals surface area contributed by atoms with Crippen LogP contribution in [0.15, 0.2) is 44.3 Å². The minimum atomic E-state index is -4.03. The molecule has 2 aromatic rings. The van der Waals surface area contributed by atoms with Crippen LogP contribution < -0.4 is 4.72 Å². The van der Waals surface area contributed by atoms with E-state index < -0.39 is 26.6 Å². The number of sulfonamides is 1. The highest BCUT2D eigenvalue weighted by molar-refractivity contribution is 9.10. The fourth-order valence-corrected chi connectivity index (χ4v) is 3.35. The largest absolute Gasteiger partial charge is 0.452 e. The Morgan fingerprint density at radius 2 is 1.96 bits per heavy atom. The summed E-state index contributed by atoms with van der Waals surface area (Å²) in [6.07, 6.45) is -0.0959. The molecule has 10 heteroatoms. The summed E-state index contributed by atoms with van der Waals surface area (Å²) in [5, 5.41) is 0. The van der Waals surface area contributed by atoms with Crippen LogP contribution in [-0.4, -0.2) is 32.8 Å². The van der Waals surface area contributed by atoms with Gasteiger partial charge in [-0.25, -0.2) is 21.9 Å². The fraction of sp³-hybridized carbons (Fsp3) is 0.267. The topological polar surface area (TPSA) is 79.6 Å². The van der Waals surface area contributed by atoms with Crippen molar-refractivity contribution in [1.82, 2.24) is 9.62 Å². The van der Waals surface area contributed by atoms with Crippen LogP contribution in [0.25, 0.3) is 0 Å². The van der Waals surface area contributed by atoms with Crippen molar-refractivity contribution in [1.29, 1.82) is 0 Å². The molecule has 0 aliphatic carbocycles. The summed E-state index contributed by atoms with van der Waals surface area (Å²) in [6, 6.07) is 5.66. The molecule has 6 nitrogen and oxygen atoms in total. The number of nitrogens with one attached hydrogen (secondary N) is 1. The lowest BCUT2D eigenvalue weighted by Crippen LogP contribution is -2.31. The van der Waals surface area contributed by atoms with E-state index >= 15 is 0 Å². The molecule has 0 aliphatic rings. The number of hydrogen-bond donors (Lipinski definition) is 1. The van der Waals surface area contributed by atoms with Gasteiger partial charge in [-0.1, -0.05) is 0 Å². The Morgan fingerprint density at radius 1 is 1.24 bits per heavy atom. The van der Waals surface area contributed by atoms with E-state index in [4.69, 9.17) is 4.42 Å². The van der Waals surface area contributed by atoms with Crippen molar-refractivity contribution < 1.29 is 26.4 Å². The van der Waals surface area contributed by atoms with Gasteiger partial charge in [0.05, 0.1) is 11.4 Å². The molecule has 0 fully saturated rings. The third-order valence-electron chi connectivity index (χ3n) is 3.28. The van der Waals surface area contributed by atoms with Crippen LogP contribution in [0.1, 0.15) is 12.2 Å². The lowest BCUT2D eigenvalue weighted by atomic mass is 10.3. The van der Waals surface area contributed by atoms with Crippen molar-refractivity contribution in [2.75, 3.05) is 13.6 Å². The number of carbonyl (C=O) groups is 1. The van der Waals surface area contributed by atoms with Crippen molar-refractivity contribution in [2.24, 2.45) is 0 Å². The van der Waals surface area contributed by atoms with E-state index in [1.165, 1.54) is 4.90 Å². The Kier molecular flexibility index (Phi) is 6.31. The van der Waals surface area contributed by atoms with Gasteiger partial charge in [0.1, 0.15) is 5.76 Å². The smallest absolute Gasteiger partial charge is 0.240 e. The van der Waals surface area contributed by atoms with Crippen LogP contribution in [0.4, 0.5) is 8.78 Å². The first-order chi connectivity index (χ1) is 11.7. The van der Waals surface area contributed by atoms with E-state index in [1.807, 2.05) is 0 Å². The fourth-order valence-electron chi connectivity index (χ4n) is 1.97. The lowest BCUT2D eigenvalue weighted by molar-refractivity contribution is -0.130.